The largest absolute Gasteiger partial charge is 0.387 e. The van der Waals surface area contributed by atoms with Crippen molar-refractivity contribution in [2.45, 2.75) is 11.0 Å². The highest BCUT2D eigenvalue weighted by Crippen LogP contribution is 2.31. The lowest BCUT2D eigenvalue weighted by atomic mass is 10.2. The molecule has 2 heterocycles. The maximum Gasteiger partial charge on any atom is 0.0899 e. The number of benzene rings is 1. The van der Waals surface area contributed by atoms with Crippen LogP contribution < -0.4 is 0 Å². The van der Waals surface area contributed by atoms with E-state index in [4.69, 9.17) is 11.6 Å². The molecule has 0 amide bonds. The number of nitrogens with zero attached hydrogens (tertiary/aromatic N) is 1. The number of halogens is 1. The first kappa shape index (κ1) is 13.9. The summed E-state index contributed by atoms with van der Waals surface area (Å²) in [7, 11) is 0. The molecule has 0 aliphatic carbocycles. The van der Waals surface area contributed by atoms with Crippen molar-refractivity contribution in [3.05, 3.63) is 58.6 Å². The van der Waals surface area contributed by atoms with Crippen LogP contribution in [0.2, 0.25) is 5.02 Å². The van der Waals surface area contributed by atoms with Gasteiger partial charge in [-0.15, -0.1) is 23.1 Å². The Kier molecular flexibility index (Phi) is 4.27. The number of aromatic nitrogens is 1. The van der Waals surface area contributed by atoms with Gasteiger partial charge in [-0.05, 0) is 29.6 Å². The summed E-state index contributed by atoms with van der Waals surface area (Å²) < 4.78 is 1.10. The first-order valence-corrected chi connectivity index (χ1v) is 8.37. The summed E-state index contributed by atoms with van der Waals surface area (Å²) in [6.45, 7) is 0. The first-order chi connectivity index (χ1) is 9.74. The second-order valence-electron chi connectivity index (χ2n) is 4.33. The van der Waals surface area contributed by atoms with Crippen LogP contribution >= 0.6 is 34.7 Å². The summed E-state index contributed by atoms with van der Waals surface area (Å²) in [6, 6.07) is 11.6. The molecule has 2 nitrogen and oxygen atoms in total. The molecule has 0 radical (unpaired) electrons. The lowest BCUT2D eigenvalue weighted by molar-refractivity contribution is 0.204. The molecule has 0 saturated heterocycles. The van der Waals surface area contributed by atoms with Gasteiger partial charge >= 0.3 is 0 Å². The smallest absolute Gasteiger partial charge is 0.0899 e. The SMILES string of the molecule is OC(CSc1ccccc1Cl)c1cnc2ccsc2c1. The van der Waals surface area contributed by atoms with Gasteiger partial charge in [-0.25, -0.2) is 0 Å². The number of thiophene rings is 1. The Hall–Kier alpha value is -1.07. The number of aliphatic hydroxyl groups is 1. The predicted molar refractivity (Wildman–Crippen MR) is 86.8 cm³/mol. The van der Waals surface area contributed by atoms with E-state index in [1.54, 1.807) is 29.3 Å². The van der Waals surface area contributed by atoms with Crippen molar-refractivity contribution in [2.24, 2.45) is 0 Å². The van der Waals surface area contributed by atoms with E-state index in [1.807, 2.05) is 41.8 Å². The minimum atomic E-state index is -0.546. The van der Waals surface area contributed by atoms with E-state index in [1.165, 1.54) is 0 Å². The Bertz CT molecular complexity index is 728. The van der Waals surface area contributed by atoms with Crippen LogP contribution in [0.1, 0.15) is 11.7 Å². The molecule has 0 aliphatic rings. The number of fused-ring (bicyclic) bond motifs is 1. The van der Waals surface area contributed by atoms with Crippen LogP contribution in [0.25, 0.3) is 10.2 Å². The lowest BCUT2D eigenvalue weighted by Crippen LogP contribution is -2.01. The lowest BCUT2D eigenvalue weighted by Gasteiger charge is -2.11. The Morgan fingerprint density at radius 3 is 3.00 bits per heavy atom. The summed E-state index contributed by atoms with van der Waals surface area (Å²) >= 11 is 9.29. The van der Waals surface area contributed by atoms with Gasteiger partial charge in [0.15, 0.2) is 0 Å². The van der Waals surface area contributed by atoms with Crippen LogP contribution in [-0.2, 0) is 0 Å². The third kappa shape index (κ3) is 2.99. The van der Waals surface area contributed by atoms with E-state index in [0.29, 0.717) is 5.75 Å². The molecule has 2 aromatic heterocycles. The number of thioether (sulfide) groups is 1. The van der Waals surface area contributed by atoms with Crippen LogP contribution in [0.4, 0.5) is 0 Å². The number of hydrogen-bond acceptors (Lipinski definition) is 4. The van der Waals surface area contributed by atoms with Gasteiger partial charge in [-0.2, -0.15) is 0 Å². The molecule has 0 fully saturated rings. The molecule has 1 aromatic carbocycles. The van der Waals surface area contributed by atoms with Crippen molar-refractivity contribution in [1.82, 2.24) is 4.98 Å². The molecule has 3 rings (SSSR count). The minimum Gasteiger partial charge on any atom is -0.387 e. The molecule has 0 saturated carbocycles. The Balaban J connectivity index is 1.72. The fourth-order valence-corrected chi connectivity index (χ4v) is 3.87. The van der Waals surface area contributed by atoms with Crippen molar-refractivity contribution >= 4 is 44.9 Å². The number of rotatable bonds is 4. The third-order valence-corrected chi connectivity index (χ3v) is 5.39. The van der Waals surface area contributed by atoms with E-state index in [-0.39, 0.29) is 0 Å². The van der Waals surface area contributed by atoms with Crippen LogP contribution in [-0.4, -0.2) is 15.8 Å². The fourth-order valence-electron chi connectivity index (χ4n) is 1.87. The normalized spacial score (nSPS) is 12.7. The zero-order valence-electron chi connectivity index (χ0n) is 10.5. The molecule has 1 N–H and O–H groups in total. The standard InChI is InChI=1S/C15H12ClNOS2/c16-11-3-1-2-4-14(11)20-9-13(18)10-7-15-12(17-8-10)5-6-19-15/h1-8,13,18H,9H2. The molecular weight excluding hydrogens is 310 g/mol. The van der Waals surface area contributed by atoms with Crippen molar-refractivity contribution < 1.29 is 5.11 Å². The Morgan fingerprint density at radius 1 is 1.30 bits per heavy atom. The molecule has 102 valence electrons. The zero-order valence-corrected chi connectivity index (χ0v) is 12.9. The van der Waals surface area contributed by atoms with Crippen molar-refractivity contribution in [3.8, 4) is 0 Å². The molecule has 5 heteroatoms. The van der Waals surface area contributed by atoms with E-state index in [2.05, 4.69) is 4.98 Å². The number of pyridine rings is 1. The van der Waals surface area contributed by atoms with Crippen LogP contribution in [0.3, 0.4) is 0 Å². The predicted octanol–water partition coefficient (Wildman–Crippen LogP) is 4.78. The first-order valence-electron chi connectivity index (χ1n) is 6.12. The van der Waals surface area contributed by atoms with E-state index >= 15 is 0 Å². The summed E-state index contributed by atoms with van der Waals surface area (Å²) in [4.78, 5) is 5.33. The highest BCUT2D eigenvalue weighted by atomic mass is 35.5. The molecule has 0 spiro atoms. The average molecular weight is 322 g/mol. The Labute approximate surface area is 130 Å². The molecule has 1 atom stereocenters. The molecular formula is C15H12ClNOS2. The topological polar surface area (TPSA) is 33.1 Å². The minimum absolute atomic E-state index is 0.546. The zero-order chi connectivity index (χ0) is 13.9. The van der Waals surface area contributed by atoms with Crippen molar-refractivity contribution in [3.63, 3.8) is 0 Å². The van der Waals surface area contributed by atoms with Gasteiger partial charge in [0.05, 0.1) is 21.3 Å². The fraction of sp³-hybridized carbons (Fsp3) is 0.133. The highest BCUT2D eigenvalue weighted by Gasteiger charge is 2.11. The highest BCUT2D eigenvalue weighted by molar-refractivity contribution is 7.99. The number of aliphatic hydroxyl groups excluding tert-OH is 1. The van der Waals surface area contributed by atoms with Gasteiger partial charge in [0.25, 0.3) is 0 Å². The molecule has 3 aromatic rings. The maximum absolute atomic E-state index is 10.3. The van der Waals surface area contributed by atoms with Gasteiger partial charge in [0.2, 0.25) is 0 Å². The van der Waals surface area contributed by atoms with Gasteiger partial charge in [-0.1, -0.05) is 23.7 Å². The van der Waals surface area contributed by atoms with Crippen LogP contribution in [0.5, 0.6) is 0 Å². The summed E-state index contributed by atoms with van der Waals surface area (Å²) in [5, 5.41) is 13.0. The summed E-state index contributed by atoms with van der Waals surface area (Å²) in [5.74, 6) is 0.558. The van der Waals surface area contributed by atoms with Gasteiger partial charge in [-0.3, -0.25) is 4.98 Å². The average Bonchev–Trinajstić information content (AvgIpc) is 2.93. The molecule has 0 bridgehead atoms. The quantitative estimate of drug-likeness (QED) is 0.702. The molecule has 20 heavy (non-hydrogen) atoms. The maximum atomic E-state index is 10.3. The third-order valence-electron chi connectivity index (χ3n) is 2.94. The monoisotopic (exact) mass is 321 g/mol. The van der Waals surface area contributed by atoms with Gasteiger partial charge in [0.1, 0.15) is 0 Å². The van der Waals surface area contributed by atoms with Crippen molar-refractivity contribution in [2.75, 3.05) is 5.75 Å². The second kappa shape index (κ2) is 6.14. The van der Waals surface area contributed by atoms with Crippen LogP contribution in [0.15, 0.2) is 52.9 Å². The second-order valence-corrected chi connectivity index (χ2v) is 6.75. The Morgan fingerprint density at radius 2 is 2.15 bits per heavy atom. The molecule has 1 unspecified atom stereocenters. The van der Waals surface area contributed by atoms with E-state index in [9.17, 15) is 5.11 Å². The summed E-state index contributed by atoms with van der Waals surface area (Å²) in [5.41, 5.74) is 1.82. The summed E-state index contributed by atoms with van der Waals surface area (Å²) in [6.07, 6.45) is 1.20. The van der Waals surface area contributed by atoms with Crippen LogP contribution in [0, 0.1) is 0 Å². The van der Waals surface area contributed by atoms with E-state index < -0.39 is 6.10 Å². The van der Waals surface area contributed by atoms with Gasteiger partial charge < -0.3 is 5.11 Å². The van der Waals surface area contributed by atoms with E-state index in [0.717, 1.165) is 25.7 Å². The molecule has 0 aliphatic heterocycles. The van der Waals surface area contributed by atoms with Crippen molar-refractivity contribution in [1.29, 1.82) is 0 Å². The number of hydrogen-bond donors (Lipinski definition) is 1. The van der Waals surface area contributed by atoms with Gasteiger partial charge in [0, 0.05) is 22.4 Å².